The lowest BCUT2D eigenvalue weighted by Gasteiger charge is -2.28. The van der Waals surface area contributed by atoms with E-state index < -0.39 is 11.7 Å². The fourth-order valence-electron chi connectivity index (χ4n) is 2.63. The smallest absolute Gasteiger partial charge is 0.410 e. The first-order valence-electron chi connectivity index (χ1n) is 8.50. The van der Waals surface area contributed by atoms with Gasteiger partial charge in [0, 0.05) is 38.4 Å². The van der Waals surface area contributed by atoms with E-state index in [0.717, 1.165) is 31.5 Å². The van der Waals surface area contributed by atoms with Crippen molar-refractivity contribution in [1.82, 2.24) is 14.8 Å². The van der Waals surface area contributed by atoms with E-state index >= 15 is 0 Å². The summed E-state index contributed by atoms with van der Waals surface area (Å²) in [6.45, 7) is 7.89. The molecule has 132 valence electrons. The molecule has 1 aliphatic heterocycles. The molecule has 1 aliphatic rings. The van der Waals surface area contributed by atoms with Gasteiger partial charge in [-0.25, -0.2) is 4.79 Å². The molecule has 0 atom stereocenters. The fourth-order valence-corrected chi connectivity index (χ4v) is 2.63. The van der Waals surface area contributed by atoms with Crippen LogP contribution >= 0.6 is 0 Å². The molecule has 1 fully saturated rings. The minimum atomic E-state index is -0.566. The third kappa shape index (κ3) is 5.83. The van der Waals surface area contributed by atoms with Crippen LogP contribution in [0.2, 0.25) is 0 Å². The van der Waals surface area contributed by atoms with Crippen molar-refractivity contribution in [2.75, 3.05) is 19.6 Å². The second-order valence-corrected chi connectivity index (χ2v) is 7.10. The second-order valence-electron chi connectivity index (χ2n) is 7.10. The van der Waals surface area contributed by atoms with Crippen LogP contribution in [0.25, 0.3) is 0 Å². The third-order valence-electron chi connectivity index (χ3n) is 3.80. The lowest BCUT2D eigenvalue weighted by atomic mass is 10.2. The normalized spacial score (nSPS) is 14.5. The van der Waals surface area contributed by atoms with Crippen molar-refractivity contribution in [3.63, 3.8) is 0 Å². The Morgan fingerprint density at radius 2 is 2.00 bits per heavy atom. The molecule has 24 heavy (non-hydrogen) atoms. The van der Waals surface area contributed by atoms with Crippen LogP contribution in [-0.2, 0) is 16.1 Å². The Labute approximate surface area is 143 Å². The standard InChI is InChI=1S/C18H27N3O3/c1-18(2,3)24-17(23)21(14-15-7-6-9-19-13-15)12-8-16(22)20-10-4-5-11-20/h6-7,9,13H,4-5,8,10-12,14H2,1-3H3. The quantitative estimate of drug-likeness (QED) is 0.831. The van der Waals surface area contributed by atoms with Crippen LogP contribution in [0.4, 0.5) is 4.79 Å². The maximum atomic E-state index is 12.5. The molecule has 0 radical (unpaired) electrons. The van der Waals surface area contributed by atoms with Gasteiger partial charge in [0.15, 0.2) is 0 Å². The van der Waals surface area contributed by atoms with E-state index in [4.69, 9.17) is 4.74 Å². The van der Waals surface area contributed by atoms with E-state index in [9.17, 15) is 9.59 Å². The fraction of sp³-hybridized carbons (Fsp3) is 0.611. The topological polar surface area (TPSA) is 62.7 Å². The van der Waals surface area contributed by atoms with Gasteiger partial charge in [0.2, 0.25) is 5.91 Å². The summed E-state index contributed by atoms with van der Waals surface area (Å²) in [5.74, 6) is 0.104. The Bertz CT molecular complexity index is 548. The van der Waals surface area contributed by atoms with Crippen LogP contribution in [0.1, 0.15) is 45.6 Å². The molecule has 6 nitrogen and oxygen atoms in total. The van der Waals surface area contributed by atoms with Crippen molar-refractivity contribution < 1.29 is 14.3 Å². The van der Waals surface area contributed by atoms with Gasteiger partial charge >= 0.3 is 6.09 Å². The SMILES string of the molecule is CC(C)(C)OC(=O)N(CCC(=O)N1CCCC1)Cc1cccnc1. The van der Waals surface area contributed by atoms with Crippen LogP contribution in [0.5, 0.6) is 0 Å². The predicted molar refractivity (Wildman–Crippen MR) is 91.3 cm³/mol. The minimum absolute atomic E-state index is 0.104. The number of hydrogen-bond donors (Lipinski definition) is 0. The molecule has 1 aromatic heterocycles. The summed E-state index contributed by atoms with van der Waals surface area (Å²) in [7, 11) is 0. The molecule has 0 aromatic carbocycles. The lowest BCUT2D eigenvalue weighted by molar-refractivity contribution is -0.130. The van der Waals surface area contributed by atoms with Crippen LogP contribution < -0.4 is 0 Å². The lowest BCUT2D eigenvalue weighted by Crippen LogP contribution is -2.39. The second kappa shape index (κ2) is 8.13. The monoisotopic (exact) mass is 333 g/mol. The highest BCUT2D eigenvalue weighted by Crippen LogP contribution is 2.14. The highest BCUT2D eigenvalue weighted by molar-refractivity contribution is 5.77. The molecular formula is C18H27N3O3. The van der Waals surface area contributed by atoms with Gasteiger partial charge in [0.25, 0.3) is 0 Å². The summed E-state index contributed by atoms with van der Waals surface area (Å²) in [4.78, 5) is 32.2. The molecule has 0 bridgehead atoms. The van der Waals surface area contributed by atoms with Gasteiger partial charge in [-0.05, 0) is 45.2 Å². The zero-order valence-corrected chi connectivity index (χ0v) is 14.8. The summed E-state index contributed by atoms with van der Waals surface area (Å²) in [6.07, 6.45) is 5.46. The summed E-state index contributed by atoms with van der Waals surface area (Å²) in [5, 5.41) is 0. The van der Waals surface area contributed by atoms with Crippen LogP contribution in [0, 0.1) is 0 Å². The van der Waals surface area contributed by atoms with E-state index in [0.29, 0.717) is 19.5 Å². The predicted octanol–water partition coefficient (Wildman–Crippen LogP) is 2.83. The van der Waals surface area contributed by atoms with Gasteiger partial charge in [-0.15, -0.1) is 0 Å². The van der Waals surface area contributed by atoms with Crippen molar-refractivity contribution in [3.05, 3.63) is 30.1 Å². The molecule has 2 rings (SSSR count). The first kappa shape index (κ1) is 18.2. The number of rotatable bonds is 5. The van der Waals surface area contributed by atoms with E-state index in [2.05, 4.69) is 4.98 Å². The molecule has 6 heteroatoms. The van der Waals surface area contributed by atoms with Gasteiger partial charge in [-0.1, -0.05) is 6.07 Å². The molecule has 0 saturated carbocycles. The molecule has 2 heterocycles. The van der Waals surface area contributed by atoms with Gasteiger partial charge in [-0.3, -0.25) is 9.78 Å². The minimum Gasteiger partial charge on any atom is -0.444 e. The number of hydrogen-bond acceptors (Lipinski definition) is 4. The maximum absolute atomic E-state index is 12.5. The number of ether oxygens (including phenoxy) is 1. The van der Waals surface area contributed by atoms with E-state index in [-0.39, 0.29) is 5.91 Å². The largest absolute Gasteiger partial charge is 0.444 e. The van der Waals surface area contributed by atoms with Crippen LogP contribution in [0.15, 0.2) is 24.5 Å². The Kier molecular flexibility index (Phi) is 6.17. The zero-order chi connectivity index (χ0) is 17.6. The Balaban J connectivity index is 1.98. The van der Waals surface area contributed by atoms with Crippen molar-refractivity contribution in [1.29, 1.82) is 0 Å². The summed E-state index contributed by atoms with van der Waals surface area (Å²) < 4.78 is 5.47. The third-order valence-corrected chi connectivity index (χ3v) is 3.80. The van der Waals surface area contributed by atoms with E-state index in [1.54, 1.807) is 17.3 Å². The van der Waals surface area contributed by atoms with Gasteiger partial charge < -0.3 is 14.5 Å². The number of carbonyl (C=O) groups is 2. The highest BCUT2D eigenvalue weighted by Gasteiger charge is 2.24. The van der Waals surface area contributed by atoms with Crippen LogP contribution in [0.3, 0.4) is 0 Å². The number of amides is 2. The molecule has 1 aromatic rings. The number of pyridine rings is 1. The zero-order valence-electron chi connectivity index (χ0n) is 14.8. The molecule has 0 N–H and O–H groups in total. The molecule has 0 unspecified atom stereocenters. The number of nitrogens with zero attached hydrogens (tertiary/aromatic N) is 3. The average Bonchev–Trinajstić information content (AvgIpc) is 3.04. The number of carbonyl (C=O) groups excluding carboxylic acids is 2. The number of likely N-dealkylation sites (tertiary alicyclic amines) is 1. The van der Waals surface area contributed by atoms with E-state index in [1.807, 2.05) is 37.8 Å². The van der Waals surface area contributed by atoms with Crippen LogP contribution in [-0.4, -0.2) is 52.0 Å². The van der Waals surface area contributed by atoms with Crippen molar-refractivity contribution in [2.45, 2.75) is 52.2 Å². The van der Waals surface area contributed by atoms with Crippen molar-refractivity contribution in [2.24, 2.45) is 0 Å². The van der Waals surface area contributed by atoms with Gasteiger partial charge in [0.1, 0.15) is 5.60 Å². The van der Waals surface area contributed by atoms with Crippen molar-refractivity contribution >= 4 is 12.0 Å². The number of aromatic nitrogens is 1. The maximum Gasteiger partial charge on any atom is 0.410 e. The first-order chi connectivity index (χ1) is 11.3. The Morgan fingerprint density at radius 1 is 1.29 bits per heavy atom. The molecule has 1 saturated heterocycles. The average molecular weight is 333 g/mol. The van der Waals surface area contributed by atoms with Crippen molar-refractivity contribution in [3.8, 4) is 0 Å². The molecular weight excluding hydrogens is 306 g/mol. The summed E-state index contributed by atoms with van der Waals surface area (Å²) in [5.41, 5.74) is 0.348. The van der Waals surface area contributed by atoms with Gasteiger partial charge in [0.05, 0.1) is 6.54 Å². The summed E-state index contributed by atoms with van der Waals surface area (Å²) >= 11 is 0. The Hall–Kier alpha value is -2.11. The highest BCUT2D eigenvalue weighted by atomic mass is 16.6. The molecule has 0 aliphatic carbocycles. The van der Waals surface area contributed by atoms with E-state index in [1.165, 1.54) is 0 Å². The Morgan fingerprint density at radius 3 is 2.58 bits per heavy atom. The molecule has 0 spiro atoms. The van der Waals surface area contributed by atoms with Gasteiger partial charge in [-0.2, -0.15) is 0 Å². The molecule has 2 amide bonds. The first-order valence-corrected chi connectivity index (χ1v) is 8.50. The summed E-state index contributed by atoms with van der Waals surface area (Å²) in [6, 6.07) is 3.74.